The zero-order valence-electron chi connectivity index (χ0n) is 16.0. The van der Waals surface area contributed by atoms with Crippen molar-refractivity contribution in [1.29, 1.82) is 0 Å². The molecule has 0 atom stereocenters. The number of aromatic nitrogens is 1. The summed E-state index contributed by atoms with van der Waals surface area (Å²) in [5.74, 6) is -0.0697. The monoisotopic (exact) mass is 406 g/mol. The number of nitrogens with zero attached hydrogens (tertiary/aromatic N) is 2. The number of hydrogen-bond acceptors (Lipinski definition) is 3. The van der Waals surface area contributed by atoms with Crippen LogP contribution in [0.2, 0.25) is 0 Å². The van der Waals surface area contributed by atoms with Gasteiger partial charge >= 0.3 is 6.03 Å². The first-order valence-corrected chi connectivity index (χ1v) is 10.8. The number of carbonyl (C=O) groups is 2. The number of thiophene rings is 1. The Balaban J connectivity index is 1.42. The maximum absolute atomic E-state index is 13.3. The van der Waals surface area contributed by atoms with Crippen LogP contribution in [0.25, 0.3) is 5.00 Å². The molecule has 1 fully saturated rings. The highest BCUT2D eigenvalue weighted by atomic mass is 32.1. The second-order valence-corrected chi connectivity index (χ2v) is 8.45. The molecule has 0 bridgehead atoms. The Labute approximate surface area is 173 Å². The molecule has 0 radical (unpaired) electrons. The Hall–Kier alpha value is -3.06. The summed E-state index contributed by atoms with van der Waals surface area (Å²) in [5.41, 5.74) is 3.56. The molecule has 3 heterocycles. The summed E-state index contributed by atoms with van der Waals surface area (Å²) in [7, 11) is 0. The van der Waals surface area contributed by atoms with Crippen LogP contribution in [0.5, 0.6) is 0 Å². The third-order valence-electron chi connectivity index (χ3n) is 5.51. The van der Waals surface area contributed by atoms with Crippen LogP contribution in [0.4, 0.5) is 16.2 Å². The third-order valence-corrected chi connectivity index (χ3v) is 6.82. The molecule has 148 valence electrons. The molecule has 0 saturated carbocycles. The molecule has 0 unspecified atom stereocenters. The van der Waals surface area contributed by atoms with Crippen LogP contribution in [0.15, 0.2) is 48.8 Å². The second-order valence-electron chi connectivity index (χ2n) is 7.37. The number of anilines is 2. The van der Waals surface area contributed by atoms with Crippen molar-refractivity contribution in [3.63, 3.8) is 0 Å². The topological polar surface area (TPSA) is 66.4 Å². The van der Waals surface area contributed by atoms with Crippen LogP contribution in [0.1, 0.15) is 33.6 Å². The minimum atomic E-state index is -0.0805. The van der Waals surface area contributed by atoms with Gasteiger partial charge in [0.25, 0.3) is 5.91 Å². The second kappa shape index (κ2) is 7.40. The van der Waals surface area contributed by atoms with E-state index in [0.29, 0.717) is 13.1 Å². The Kier molecular flexibility index (Phi) is 4.60. The fraction of sp³-hybridized carbons (Fsp3) is 0.273. The van der Waals surface area contributed by atoms with Crippen LogP contribution in [0, 0.1) is 0 Å². The number of nitrogens with one attached hydrogen (secondary N) is 2. The minimum Gasteiger partial charge on any atom is -0.336 e. The number of urea groups is 1. The van der Waals surface area contributed by atoms with E-state index in [1.54, 1.807) is 16.2 Å². The molecule has 5 rings (SSSR count). The number of aryl methyl sites for hydroxylation is 1. The van der Waals surface area contributed by atoms with Gasteiger partial charge in [0.1, 0.15) is 5.00 Å². The first kappa shape index (κ1) is 18.0. The fourth-order valence-electron chi connectivity index (χ4n) is 4.07. The first-order chi connectivity index (χ1) is 14.2. The zero-order chi connectivity index (χ0) is 19.8. The van der Waals surface area contributed by atoms with E-state index in [1.165, 1.54) is 16.9 Å². The van der Waals surface area contributed by atoms with Crippen molar-refractivity contribution in [2.75, 3.05) is 23.3 Å². The predicted octanol–water partition coefficient (Wildman–Crippen LogP) is 4.20. The lowest BCUT2D eigenvalue weighted by atomic mass is 9.95. The van der Waals surface area contributed by atoms with Gasteiger partial charge < -0.3 is 15.2 Å². The Bertz CT molecular complexity index is 1050. The smallest absolute Gasteiger partial charge is 0.321 e. The van der Waals surface area contributed by atoms with E-state index >= 15 is 0 Å². The van der Waals surface area contributed by atoms with Crippen molar-refractivity contribution in [1.82, 2.24) is 9.88 Å². The maximum Gasteiger partial charge on any atom is 0.321 e. The number of rotatable bonds is 4. The zero-order valence-corrected chi connectivity index (χ0v) is 16.8. The summed E-state index contributed by atoms with van der Waals surface area (Å²) in [5, 5.41) is 6.85. The number of carbonyl (C=O) groups excluding carboxylic acids is 2. The highest BCUT2D eigenvalue weighted by Crippen LogP contribution is 2.37. The summed E-state index contributed by atoms with van der Waals surface area (Å²) in [6.45, 7) is 1.31. The molecule has 6 nitrogen and oxygen atoms in total. The minimum absolute atomic E-state index is 0.0697. The lowest BCUT2D eigenvalue weighted by Crippen LogP contribution is -2.27. The summed E-state index contributed by atoms with van der Waals surface area (Å²) in [6.07, 6.45) is 8.30. The fourth-order valence-corrected chi connectivity index (χ4v) is 5.43. The van der Waals surface area contributed by atoms with Gasteiger partial charge in [-0.25, -0.2) is 4.79 Å². The van der Waals surface area contributed by atoms with Crippen LogP contribution in [0.3, 0.4) is 0 Å². The molecule has 3 aromatic rings. The number of benzene rings is 1. The van der Waals surface area contributed by atoms with Crippen molar-refractivity contribution in [2.24, 2.45) is 0 Å². The summed E-state index contributed by atoms with van der Waals surface area (Å²) in [4.78, 5) is 28.1. The largest absolute Gasteiger partial charge is 0.336 e. The van der Waals surface area contributed by atoms with Gasteiger partial charge in [0.2, 0.25) is 0 Å². The van der Waals surface area contributed by atoms with E-state index in [4.69, 9.17) is 0 Å². The van der Waals surface area contributed by atoms with Gasteiger partial charge in [-0.3, -0.25) is 9.69 Å². The van der Waals surface area contributed by atoms with Gasteiger partial charge in [-0.1, -0.05) is 0 Å². The molecule has 2 aromatic heterocycles. The highest BCUT2D eigenvalue weighted by molar-refractivity contribution is 7.15. The van der Waals surface area contributed by atoms with Crippen LogP contribution >= 0.6 is 11.3 Å². The van der Waals surface area contributed by atoms with E-state index < -0.39 is 0 Å². The molecule has 29 heavy (non-hydrogen) atoms. The van der Waals surface area contributed by atoms with Crippen LogP contribution in [-0.4, -0.2) is 29.6 Å². The van der Waals surface area contributed by atoms with Gasteiger partial charge in [0, 0.05) is 41.7 Å². The predicted molar refractivity (Wildman–Crippen MR) is 115 cm³/mol. The normalized spacial score (nSPS) is 15.9. The molecule has 2 aliphatic rings. The average molecular weight is 407 g/mol. The maximum atomic E-state index is 13.3. The van der Waals surface area contributed by atoms with E-state index in [1.807, 2.05) is 53.4 Å². The molecular formula is C22H22N4O2S. The van der Waals surface area contributed by atoms with Crippen LogP contribution in [-0.2, 0) is 12.8 Å². The molecule has 1 aliphatic carbocycles. The molecule has 2 N–H and O–H groups in total. The molecular weight excluding hydrogens is 384 g/mol. The lowest BCUT2D eigenvalue weighted by Gasteiger charge is -2.15. The molecule has 1 aliphatic heterocycles. The van der Waals surface area contributed by atoms with E-state index in [9.17, 15) is 9.59 Å². The van der Waals surface area contributed by atoms with E-state index in [2.05, 4.69) is 10.6 Å². The van der Waals surface area contributed by atoms with E-state index in [-0.39, 0.29) is 11.9 Å². The van der Waals surface area contributed by atoms with Crippen molar-refractivity contribution in [2.45, 2.75) is 25.7 Å². The Morgan fingerprint density at radius 1 is 1.07 bits per heavy atom. The SMILES string of the molecule is O=C(Nc1ccc(N2CCNC2=O)cc1)c1c(-n2cccc2)sc2c1CCCC2. The van der Waals surface area contributed by atoms with Gasteiger partial charge in [0.15, 0.2) is 0 Å². The third kappa shape index (κ3) is 3.31. The Morgan fingerprint density at radius 3 is 2.55 bits per heavy atom. The average Bonchev–Trinajstić information content (AvgIpc) is 3.47. The van der Waals surface area contributed by atoms with Crippen molar-refractivity contribution in [3.8, 4) is 5.00 Å². The van der Waals surface area contributed by atoms with E-state index in [0.717, 1.165) is 41.2 Å². The van der Waals surface area contributed by atoms with Crippen molar-refractivity contribution in [3.05, 3.63) is 64.8 Å². The summed E-state index contributed by atoms with van der Waals surface area (Å²) < 4.78 is 2.03. The van der Waals surface area contributed by atoms with Gasteiger partial charge in [-0.2, -0.15) is 0 Å². The van der Waals surface area contributed by atoms with Gasteiger partial charge in [-0.15, -0.1) is 11.3 Å². The number of amides is 3. The number of hydrogen-bond donors (Lipinski definition) is 2. The molecule has 0 spiro atoms. The van der Waals surface area contributed by atoms with Crippen molar-refractivity contribution >= 4 is 34.6 Å². The standard InChI is InChI=1S/C22H22N4O2S/c27-20(24-15-7-9-16(10-8-15)26-14-11-23-22(26)28)19-17-5-1-2-6-18(17)29-21(19)25-12-3-4-13-25/h3-4,7-10,12-13H,1-2,5-6,11,14H2,(H,23,28)(H,24,27). The van der Waals surface area contributed by atoms with Crippen molar-refractivity contribution < 1.29 is 9.59 Å². The highest BCUT2D eigenvalue weighted by Gasteiger charge is 2.26. The lowest BCUT2D eigenvalue weighted by molar-refractivity contribution is 0.102. The molecule has 1 saturated heterocycles. The molecule has 1 aromatic carbocycles. The molecule has 7 heteroatoms. The van der Waals surface area contributed by atoms with Gasteiger partial charge in [0.05, 0.1) is 5.56 Å². The first-order valence-electron chi connectivity index (χ1n) is 9.95. The quantitative estimate of drug-likeness (QED) is 0.682. The Morgan fingerprint density at radius 2 is 1.83 bits per heavy atom. The van der Waals surface area contributed by atoms with Crippen LogP contribution < -0.4 is 15.5 Å². The summed E-state index contributed by atoms with van der Waals surface area (Å²) in [6, 6.07) is 11.3. The number of fused-ring (bicyclic) bond motifs is 1. The van der Waals surface area contributed by atoms with Gasteiger partial charge in [-0.05, 0) is 67.6 Å². The molecule has 3 amide bonds. The summed E-state index contributed by atoms with van der Waals surface area (Å²) >= 11 is 1.73.